The minimum absolute atomic E-state index is 0.231. The maximum atomic E-state index is 11.2. The number of nitrogens with zero attached hydrogens (tertiary/aromatic N) is 2. The zero-order valence-electron chi connectivity index (χ0n) is 11.4. The van der Waals surface area contributed by atoms with E-state index in [1.807, 2.05) is 6.08 Å². The van der Waals surface area contributed by atoms with Gasteiger partial charge in [0.05, 0.1) is 7.11 Å². The number of carbonyl (C=O) groups excluding carboxylic acids is 1. The van der Waals surface area contributed by atoms with Crippen molar-refractivity contribution in [1.82, 2.24) is 9.80 Å². The number of rotatable bonds is 4. The molecule has 0 radical (unpaired) electrons. The third-order valence-corrected chi connectivity index (χ3v) is 3.42. The van der Waals surface area contributed by atoms with Gasteiger partial charge in [0.1, 0.15) is 0 Å². The van der Waals surface area contributed by atoms with Crippen molar-refractivity contribution in [2.24, 2.45) is 0 Å². The molecule has 17 heavy (non-hydrogen) atoms. The standard InChI is InChI=1S/C13H24N2O2/c1-5-15-9-8-14(10-12(15)3)7-6-11(2)13(16)17-4/h6,12H,5,7-10H2,1-4H3. The molecule has 4 nitrogen and oxygen atoms in total. The Morgan fingerprint density at radius 3 is 2.71 bits per heavy atom. The van der Waals surface area contributed by atoms with Gasteiger partial charge in [-0.2, -0.15) is 0 Å². The summed E-state index contributed by atoms with van der Waals surface area (Å²) in [7, 11) is 1.42. The van der Waals surface area contributed by atoms with Crippen LogP contribution in [0.4, 0.5) is 0 Å². The smallest absolute Gasteiger partial charge is 0.333 e. The van der Waals surface area contributed by atoms with Crippen LogP contribution in [0.25, 0.3) is 0 Å². The molecule has 0 N–H and O–H groups in total. The summed E-state index contributed by atoms with van der Waals surface area (Å²) in [6.07, 6.45) is 1.96. The van der Waals surface area contributed by atoms with E-state index in [-0.39, 0.29) is 5.97 Å². The van der Waals surface area contributed by atoms with Gasteiger partial charge in [0.2, 0.25) is 0 Å². The van der Waals surface area contributed by atoms with Crippen LogP contribution >= 0.6 is 0 Å². The molecule has 1 fully saturated rings. The Balaban J connectivity index is 2.42. The summed E-state index contributed by atoms with van der Waals surface area (Å²) in [6.45, 7) is 11.5. The van der Waals surface area contributed by atoms with E-state index in [1.165, 1.54) is 7.11 Å². The largest absolute Gasteiger partial charge is 0.466 e. The summed E-state index contributed by atoms with van der Waals surface area (Å²) in [5.74, 6) is -0.231. The monoisotopic (exact) mass is 240 g/mol. The van der Waals surface area contributed by atoms with Crippen molar-refractivity contribution in [3.63, 3.8) is 0 Å². The highest BCUT2D eigenvalue weighted by atomic mass is 16.5. The van der Waals surface area contributed by atoms with Crippen molar-refractivity contribution in [2.75, 3.05) is 39.8 Å². The molecule has 0 aromatic rings. The Morgan fingerprint density at radius 1 is 1.47 bits per heavy atom. The van der Waals surface area contributed by atoms with Crippen molar-refractivity contribution in [3.8, 4) is 0 Å². The lowest BCUT2D eigenvalue weighted by atomic mass is 10.2. The van der Waals surface area contributed by atoms with Gasteiger partial charge in [-0.25, -0.2) is 4.79 Å². The number of methoxy groups -OCH3 is 1. The molecule has 1 aliphatic rings. The predicted molar refractivity (Wildman–Crippen MR) is 68.9 cm³/mol. The lowest BCUT2D eigenvalue weighted by Gasteiger charge is -2.38. The SMILES string of the molecule is CCN1CCN(CC=C(C)C(=O)OC)CC1C. The summed E-state index contributed by atoms with van der Waals surface area (Å²) < 4.78 is 4.67. The number of esters is 1. The Hall–Kier alpha value is -0.870. The third kappa shape index (κ3) is 4.13. The fraction of sp³-hybridized carbons (Fsp3) is 0.769. The minimum Gasteiger partial charge on any atom is -0.466 e. The Kier molecular flexibility index (Phi) is 5.65. The van der Waals surface area contributed by atoms with E-state index < -0.39 is 0 Å². The first-order chi connectivity index (χ1) is 8.08. The van der Waals surface area contributed by atoms with Gasteiger partial charge in [0.25, 0.3) is 0 Å². The van der Waals surface area contributed by atoms with Gasteiger partial charge in [-0.15, -0.1) is 0 Å². The van der Waals surface area contributed by atoms with Crippen LogP contribution in [0.5, 0.6) is 0 Å². The van der Waals surface area contributed by atoms with Crippen LogP contribution < -0.4 is 0 Å². The molecule has 1 unspecified atom stereocenters. The van der Waals surface area contributed by atoms with Gasteiger partial charge < -0.3 is 4.74 Å². The summed E-state index contributed by atoms with van der Waals surface area (Å²) in [5.41, 5.74) is 0.693. The highest BCUT2D eigenvalue weighted by Gasteiger charge is 2.21. The van der Waals surface area contributed by atoms with Gasteiger partial charge in [0, 0.05) is 37.8 Å². The average Bonchev–Trinajstić information content (AvgIpc) is 2.35. The van der Waals surface area contributed by atoms with E-state index in [0.717, 1.165) is 32.7 Å². The summed E-state index contributed by atoms with van der Waals surface area (Å²) in [6, 6.07) is 0.598. The maximum Gasteiger partial charge on any atom is 0.333 e. The quantitative estimate of drug-likeness (QED) is 0.545. The van der Waals surface area contributed by atoms with Gasteiger partial charge in [-0.3, -0.25) is 9.80 Å². The second kappa shape index (κ2) is 6.77. The minimum atomic E-state index is -0.231. The third-order valence-electron chi connectivity index (χ3n) is 3.42. The lowest BCUT2D eigenvalue weighted by Crippen LogP contribution is -2.51. The topological polar surface area (TPSA) is 32.8 Å². The predicted octanol–water partition coefficient (Wildman–Crippen LogP) is 1.13. The summed E-state index contributed by atoms with van der Waals surface area (Å²) >= 11 is 0. The zero-order chi connectivity index (χ0) is 12.8. The highest BCUT2D eigenvalue weighted by Crippen LogP contribution is 2.09. The second-order valence-corrected chi connectivity index (χ2v) is 4.62. The molecular formula is C13H24N2O2. The Morgan fingerprint density at radius 2 is 2.18 bits per heavy atom. The number of hydrogen-bond donors (Lipinski definition) is 0. The number of hydrogen-bond acceptors (Lipinski definition) is 4. The molecular weight excluding hydrogens is 216 g/mol. The van der Waals surface area contributed by atoms with Crippen LogP contribution in [0, 0.1) is 0 Å². The van der Waals surface area contributed by atoms with Crippen molar-refractivity contribution >= 4 is 5.97 Å². The molecule has 1 aliphatic heterocycles. The van der Waals surface area contributed by atoms with Gasteiger partial charge in [-0.1, -0.05) is 13.0 Å². The lowest BCUT2D eigenvalue weighted by molar-refractivity contribution is -0.136. The van der Waals surface area contributed by atoms with Gasteiger partial charge >= 0.3 is 5.97 Å². The van der Waals surface area contributed by atoms with Crippen LogP contribution in [0.2, 0.25) is 0 Å². The molecule has 0 bridgehead atoms. The molecule has 0 aromatic heterocycles. The molecule has 98 valence electrons. The van der Waals surface area contributed by atoms with E-state index in [9.17, 15) is 4.79 Å². The van der Waals surface area contributed by atoms with Crippen molar-refractivity contribution in [3.05, 3.63) is 11.6 Å². The van der Waals surface area contributed by atoms with Crippen molar-refractivity contribution in [1.29, 1.82) is 0 Å². The van der Waals surface area contributed by atoms with E-state index in [0.29, 0.717) is 11.6 Å². The van der Waals surface area contributed by atoms with Crippen LogP contribution in [0.3, 0.4) is 0 Å². The van der Waals surface area contributed by atoms with Crippen LogP contribution in [-0.4, -0.2) is 61.6 Å². The molecule has 4 heteroatoms. The summed E-state index contributed by atoms with van der Waals surface area (Å²) in [5, 5.41) is 0. The molecule has 1 saturated heterocycles. The molecule has 1 atom stereocenters. The van der Waals surface area contributed by atoms with Crippen LogP contribution in [-0.2, 0) is 9.53 Å². The van der Waals surface area contributed by atoms with Crippen LogP contribution in [0.15, 0.2) is 11.6 Å². The van der Waals surface area contributed by atoms with E-state index >= 15 is 0 Å². The number of ether oxygens (including phenoxy) is 1. The first kappa shape index (κ1) is 14.2. The van der Waals surface area contributed by atoms with E-state index in [1.54, 1.807) is 6.92 Å². The fourth-order valence-electron chi connectivity index (χ4n) is 2.22. The maximum absolute atomic E-state index is 11.2. The number of piperazine rings is 1. The normalized spacial score (nSPS) is 23.8. The Labute approximate surface area is 104 Å². The zero-order valence-corrected chi connectivity index (χ0v) is 11.4. The first-order valence-electron chi connectivity index (χ1n) is 6.30. The van der Waals surface area contributed by atoms with Gasteiger partial charge in [0.15, 0.2) is 0 Å². The van der Waals surface area contributed by atoms with Gasteiger partial charge in [-0.05, 0) is 20.4 Å². The molecule has 1 rings (SSSR count). The first-order valence-corrected chi connectivity index (χ1v) is 6.30. The fourth-order valence-corrected chi connectivity index (χ4v) is 2.22. The molecule has 0 saturated carbocycles. The van der Waals surface area contributed by atoms with Crippen LogP contribution in [0.1, 0.15) is 20.8 Å². The molecule has 0 amide bonds. The van der Waals surface area contributed by atoms with E-state index in [4.69, 9.17) is 0 Å². The second-order valence-electron chi connectivity index (χ2n) is 4.62. The van der Waals surface area contributed by atoms with Crippen molar-refractivity contribution in [2.45, 2.75) is 26.8 Å². The van der Waals surface area contributed by atoms with Crippen molar-refractivity contribution < 1.29 is 9.53 Å². The number of likely N-dealkylation sites (N-methyl/N-ethyl adjacent to an activating group) is 1. The summed E-state index contributed by atoms with van der Waals surface area (Å²) in [4.78, 5) is 16.1. The number of carbonyl (C=O) groups is 1. The average molecular weight is 240 g/mol. The highest BCUT2D eigenvalue weighted by molar-refractivity contribution is 5.87. The van der Waals surface area contributed by atoms with E-state index in [2.05, 4.69) is 28.4 Å². The molecule has 0 aromatic carbocycles. The molecule has 1 heterocycles. The molecule has 0 aliphatic carbocycles. The Bertz CT molecular complexity index is 289. The molecule has 0 spiro atoms.